The van der Waals surface area contributed by atoms with Gasteiger partial charge in [-0.25, -0.2) is 0 Å². The van der Waals surface area contributed by atoms with Crippen LogP contribution in [0.25, 0.3) is 0 Å². The Morgan fingerprint density at radius 3 is 2.03 bits per heavy atom. The van der Waals surface area contributed by atoms with E-state index in [1.165, 1.54) is 0 Å². The lowest BCUT2D eigenvalue weighted by molar-refractivity contribution is 0.0740. The maximum Gasteiger partial charge on any atom is 0.254 e. The van der Waals surface area contributed by atoms with Crippen LogP contribution in [0.2, 0.25) is 0 Å². The maximum absolute atomic E-state index is 13.5. The van der Waals surface area contributed by atoms with Crippen molar-refractivity contribution in [3.05, 3.63) is 83.4 Å². The number of methoxy groups -OCH3 is 3. The van der Waals surface area contributed by atoms with Crippen LogP contribution in [0.3, 0.4) is 0 Å². The van der Waals surface area contributed by atoms with E-state index in [2.05, 4.69) is 6.92 Å². The van der Waals surface area contributed by atoms with E-state index < -0.39 is 0 Å². The molecule has 3 rings (SSSR count). The average Bonchev–Trinajstić information content (AvgIpc) is 2.89. The van der Waals surface area contributed by atoms with Crippen molar-refractivity contribution in [3.8, 4) is 23.0 Å². The van der Waals surface area contributed by atoms with E-state index in [9.17, 15) is 4.79 Å². The molecule has 0 radical (unpaired) electrons. The van der Waals surface area contributed by atoms with Gasteiger partial charge in [0, 0.05) is 18.7 Å². The summed E-state index contributed by atoms with van der Waals surface area (Å²) >= 11 is 0. The van der Waals surface area contributed by atoms with E-state index in [4.69, 9.17) is 18.9 Å². The Morgan fingerprint density at radius 1 is 0.824 bits per heavy atom. The van der Waals surface area contributed by atoms with Gasteiger partial charge in [0.2, 0.25) is 5.75 Å². The molecule has 3 aromatic carbocycles. The molecule has 0 N–H and O–H groups in total. The highest BCUT2D eigenvalue weighted by Gasteiger charge is 2.21. The molecule has 6 heteroatoms. The largest absolute Gasteiger partial charge is 0.493 e. The SMILES string of the molecule is CCCCN(Cc1ccc(OCc2ccccc2)cc1)C(=O)c1cc(OC)c(OC)c(OC)c1. The Hall–Kier alpha value is -3.67. The first-order valence-electron chi connectivity index (χ1n) is 11.4. The summed E-state index contributed by atoms with van der Waals surface area (Å²) in [6, 6.07) is 21.3. The number of nitrogens with zero attached hydrogens (tertiary/aromatic N) is 1. The molecule has 0 aliphatic heterocycles. The van der Waals surface area contributed by atoms with Crippen molar-refractivity contribution >= 4 is 5.91 Å². The predicted octanol–water partition coefficient (Wildman–Crippen LogP) is 5.73. The zero-order valence-corrected chi connectivity index (χ0v) is 20.4. The minimum absolute atomic E-state index is 0.0860. The summed E-state index contributed by atoms with van der Waals surface area (Å²) in [5.74, 6) is 2.09. The molecule has 1 amide bonds. The zero-order chi connectivity index (χ0) is 24.3. The van der Waals surface area contributed by atoms with Crippen LogP contribution in [-0.4, -0.2) is 38.7 Å². The monoisotopic (exact) mass is 463 g/mol. The fourth-order valence-electron chi connectivity index (χ4n) is 3.64. The molecule has 0 fully saturated rings. The first-order valence-corrected chi connectivity index (χ1v) is 11.4. The maximum atomic E-state index is 13.5. The minimum Gasteiger partial charge on any atom is -0.493 e. The summed E-state index contributed by atoms with van der Waals surface area (Å²) in [5, 5.41) is 0. The number of carbonyl (C=O) groups is 1. The molecule has 0 unspecified atom stereocenters. The van der Waals surface area contributed by atoms with Crippen molar-refractivity contribution in [2.24, 2.45) is 0 Å². The molecule has 0 spiro atoms. The molecular formula is C28H33NO5. The number of unbranched alkanes of at least 4 members (excludes halogenated alkanes) is 1. The summed E-state index contributed by atoms with van der Waals surface area (Å²) in [6.07, 6.45) is 1.90. The Morgan fingerprint density at radius 2 is 1.47 bits per heavy atom. The van der Waals surface area contributed by atoms with Crippen molar-refractivity contribution < 1.29 is 23.7 Å². The van der Waals surface area contributed by atoms with Crippen molar-refractivity contribution in [1.82, 2.24) is 4.90 Å². The fraction of sp³-hybridized carbons (Fsp3) is 0.321. The molecule has 0 saturated heterocycles. The van der Waals surface area contributed by atoms with Crippen LogP contribution < -0.4 is 18.9 Å². The van der Waals surface area contributed by atoms with Gasteiger partial charge in [0.1, 0.15) is 12.4 Å². The van der Waals surface area contributed by atoms with Crippen LogP contribution in [0.15, 0.2) is 66.7 Å². The summed E-state index contributed by atoms with van der Waals surface area (Å²) < 4.78 is 22.1. The van der Waals surface area contributed by atoms with Gasteiger partial charge in [0.25, 0.3) is 5.91 Å². The lowest BCUT2D eigenvalue weighted by Gasteiger charge is -2.24. The van der Waals surface area contributed by atoms with E-state index in [-0.39, 0.29) is 5.91 Å². The van der Waals surface area contributed by atoms with Crippen molar-refractivity contribution in [1.29, 1.82) is 0 Å². The van der Waals surface area contributed by atoms with Crippen LogP contribution in [0.5, 0.6) is 23.0 Å². The highest BCUT2D eigenvalue weighted by molar-refractivity contribution is 5.95. The summed E-state index contributed by atoms with van der Waals surface area (Å²) in [7, 11) is 4.63. The second kappa shape index (κ2) is 12.5. The summed E-state index contributed by atoms with van der Waals surface area (Å²) in [6.45, 7) is 3.77. The van der Waals surface area contributed by atoms with Gasteiger partial charge in [0.05, 0.1) is 21.3 Å². The number of rotatable bonds is 12. The lowest BCUT2D eigenvalue weighted by atomic mass is 10.1. The van der Waals surface area contributed by atoms with Gasteiger partial charge < -0.3 is 23.8 Å². The van der Waals surface area contributed by atoms with Gasteiger partial charge in [-0.05, 0) is 41.8 Å². The second-order valence-electron chi connectivity index (χ2n) is 7.91. The third kappa shape index (κ3) is 6.44. The van der Waals surface area contributed by atoms with Crippen LogP contribution >= 0.6 is 0 Å². The number of amides is 1. The van der Waals surface area contributed by atoms with Gasteiger partial charge in [-0.15, -0.1) is 0 Å². The topological polar surface area (TPSA) is 57.2 Å². The van der Waals surface area contributed by atoms with E-state index >= 15 is 0 Å². The van der Waals surface area contributed by atoms with Gasteiger partial charge in [-0.2, -0.15) is 0 Å². The average molecular weight is 464 g/mol. The first-order chi connectivity index (χ1) is 16.6. The van der Waals surface area contributed by atoms with E-state index in [1.807, 2.05) is 59.5 Å². The van der Waals surface area contributed by atoms with Crippen molar-refractivity contribution in [2.75, 3.05) is 27.9 Å². The normalized spacial score (nSPS) is 10.5. The highest BCUT2D eigenvalue weighted by Crippen LogP contribution is 2.38. The number of hydrogen-bond donors (Lipinski definition) is 0. The molecule has 0 bridgehead atoms. The smallest absolute Gasteiger partial charge is 0.254 e. The molecule has 0 aromatic heterocycles. The molecule has 0 aliphatic carbocycles. The van der Waals surface area contributed by atoms with Gasteiger partial charge in [-0.3, -0.25) is 4.79 Å². The summed E-state index contributed by atoms with van der Waals surface area (Å²) in [5.41, 5.74) is 2.64. The van der Waals surface area contributed by atoms with Crippen molar-refractivity contribution in [3.63, 3.8) is 0 Å². The molecule has 0 atom stereocenters. The van der Waals surface area contributed by atoms with Crippen LogP contribution in [0.4, 0.5) is 0 Å². The highest BCUT2D eigenvalue weighted by atomic mass is 16.5. The van der Waals surface area contributed by atoms with Crippen LogP contribution in [-0.2, 0) is 13.2 Å². The predicted molar refractivity (Wildman–Crippen MR) is 133 cm³/mol. The van der Waals surface area contributed by atoms with Crippen molar-refractivity contribution in [2.45, 2.75) is 32.9 Å². The molecule has 6 nitrogen and oxygen atoms in total. The summed E-state index contributed by atoms with van der Waals surface area (Å²) in [4.78, 5) is 15.3. The Balaban J connectivity index is 1.75. The first kappa shape index (κ1) is 25.0. The number of ether oxygens (including phenoxy) is 4. The molecule has 0 aliphatic rings. The minimum atomic E-state index is -0.0860. The molecule has 180 valence electrons. The lowest BCUT2D eigenvalue weighted by Crippen LogP contribution is -2.31. The van der Waals surface area contributed by atoms with Gasteiger partial charge in [-0.1, -0.05) is 55.8 Å². The third-order valence-electron chi connectivity index (χ3n) is 5.53. The van der Waals surface area contributed by atoms with Gasteiger partial charge in [0.15, 0.2) is 11.5 Å². The molecular weight excluding hydrogens is 430 g/mol. The molecule has 34 heavy (non-hydrogen) atoms. The Bertz CT molecular complexity index is 1030. The van der Waals surface area contributed by atoms with Gasteiger partial charge >= 0.3 is 0 Å². The number of hydrogen-bond acceptors (Lipinski definition) is 5. The Labute approximate surface area is 202 Å². The van der Waals surface area contributed by atoms with Crippen LogP contribution in [0, 0.1) is 0 Å². The quantitative estimate of drug-likeness (QED) is 0.343. The van der Waals surface area contributed by atoms with E-state index in [0.29, 0.717) is 42.5 Å². The molecule has 0 saturated carbocycles. The Kier molecular flexibility index (Phi) is 9.21. The molecule has 0 heterocycles. The zero-order valence-electron chi connectivity index (χ0n) is 20.4. The van der Waals surface area contributed by atoms with E-state index in [0.717, 1.165) is 29.7 Å². The fourth-order valence-corrected chi connectivity index (χ4v) is 3.64. The standard InChI is InChI=1S/C28H33NO5/c1-5-6-16-29(28(30)23-17-25(31-2)27(33-4)26(18-23)32-3)19-21-12-14-24(15-13-21)34-20-22-10-8-7-9-11-22/h7-15,17-18H,5-6,16,19-20H2,1-4H3. The van der Waals surface area contributed by atoms with Crippen LogP contribution in [0.1, 0.15) is 41.3 Å². The van der Waals surface area contributed by atoms with E-state index in [1.54, 1.807) is 33.5 Å². The molecule has 3 aromatic rings. The number of carbonyl (C=O) groups excluding carboxylic acids is 1. The third-order valence-corrected chi connectivity index (χ3v) is 5.53. The second-order valence-corrected chi connectivity index (χ2v) is 7.91. The number of benzene rings is 3.